The molecule has 1 heterocycles. The van der Waals surface area contributed by atoms with Crippen LogP contribution >= 0.6 is 11.8 Å². The van der Waals surface area contributed by atoms with Crippen LogP contribution in [0.1, 0.15) is 42.0 Å². The van der Waals surface area contributed by atoms with Gasteiger partial charge in [-0.25, -0.2) is 4.90 Å². The minimum absolute atomic E-state index is 0.247. The highest BCUT2D eigenvalue weighted by Crippen LogP contribution is 2.37. The first-order valence-electron chi connectivity index (χ1n) is 8.32. The van der Waals surface area contributed by atoms with Gasteiger partial charge in [0.15, 0.2) is 0 Å². The Kier molecular flexibility index (Phi) is 4.82. The van der Waals surface area contributed by atoms with E-state index >= 15 is 0 Å². The summed E-state index contributed by atoms with van der Waals surface area (Å²) < 4.78 is 0. The van der Waals surface area contributed by atoms with Gasteiger partial charge in [-0.2, -0.15) is 0 Å². The zero-order valence-electron chi connectivity index (χ0n) is 14.9. The Bertz CT molecular complexity index is 866. The number of imide groups is 1. The van der Waals surface area contributed by atoms with E-state index < -0.39 is 0 Å². The van der Waals surface area contributed by atoms with Crippen molar-refractivity contribution in [3.8, 4) is 0 Å². The number of hydrogen-bond acceptors (Lipinski definition) is 3. The van der Waals surface area contributed by atoms with Gasteiger partial charge in [0.05, 0.1) is 10.6 Å². The minimum Gasteiger partial charge on any atom is -0.268 e. The summed E-state index contributed by atoms with van der Waals surface area (Å²) >= 11 is 0.995. The quantitative estimate of drug-likeness (QED) is 0.669. The first-order chi connectivity index (χ1) is 11.9. The molecule has 3 nitrogen and oxygen atoms in total. The standard InChI is InChI=1S/C21H21NO2S/c1-13(2)17-10-8-16(9-11-17)12-19-20(23)22(21(24)25-19)18-7-5-6-14(3)15(18)4/h5-13H,1-4H3/b19-12-. The van der Waals surface area contributed by atoms with Crippen LogP contribution in [0.3, 0.4) is 0 Å². The fourth-order valence-electron chi connectivity index (χ4n) is 2.78. The first kappa shape index (κ1) is 17.5. The molecule has 0 radical (unpaired) electrons. The van der Waals surface area contributed by atoms with Crippen LogP contribution in [-0.2, 0) is 4.79 Å². The molecule has 0 aromatic heterocycles. The molecule has 0 spiro atoms. The highest BCUT2D eigenvalue weighted by atomic mass is 32.2. The second-order valence-electron chi connectivity index (χ2n) is 6.56. The van der Waals surface area contributed by atoms with E-state index in [-0.39, 0.29) is 11.1 Å². The van der Waals surface area contributed by atoms with Crippen molar-refractivity contribution in [2.75, 3.05) is 4.90 Å². The van der Waals surface area contributed by atoms with Crippen LogP contribution in [-0.4, -0.2) is 11.1 Å². The molecule has 0 atom stereocenters. The third kappa shape index (κ3) is 3.40. The maximum Gasteiger partial charge on any atom is 0.298 e. The van der Waals surface area contributed by atoms with Crippen LogP contribution in [0, 0.1) is 13.8 Å². The number of nitrogens with zero attached hydrogens (tertiary/aromatic N) is 1. The lowest BCUT2D eigenvalue weighted by atomic mass is 10.0. The average Bonchev–Trinajstić information content (AvgIpc) is 2.85. The predicted octanol–water partition coefficient (Wildman–Crippen LogP) is 5.67. The monoisotopic (exact) mass is 351 g/mol. The van der Waals surface area contributed by atoms with Gasteiger partial charge in [-0.1, -0.05) is 50.2 Å². The molecule has 1 aliphatic heterocycles. The Morgan fingerprint density at radius 2 is 1.68 bits per heavy atom. The number of rotatable bonds is 3. The molecule has 4 heteroatoms. The van der Waals surface area contributed by atoms with Crippen molar-refractivity contribution in [3.05, 3.63) is 69.6 Å². The van der Waals surface area contributed by atoms with Crippen LogP contribution < -0.4 is 4.90 Å². The fraction of sp³-hybridized carbons (Fsp3) is 0.238. The van der Waals surface area contributed by atoms with Gasteiger partial charge in [-0.3, -0.25) is 9.59 Å². The van der Waals surface area contributed by atoms with E-state index in [9.17, 15) is 9.59 Å². The van der Waals surface area contributed by atoms with Gasteiger partial charge in [0.25, 0.3) is 11.1 Å². The smallest absolute Gasteiger partial charge is 0.268 e. The van der Waals surface area contributed by atoms with E-state index in [0.717, 1.165) is 28.5 Å². The van der Waals surface area contributed by atoms with Crippen LogP contribution in [0.15, 0.2) is 47.4 Å². The largest absolute Gasteiger partial charge is 0.298 e. The van der Waals surface area contributed by atoms with E-state index in [4.69, 9.17) is 0 Å². The van der Waals surface area contributed by atoms with E-state index in [1.165, 1.54) is 10.5 Å². The first-order valence-corrected chi connectivity index (χ1v) is 9.14. The van der Waals surface area contributed by atoms with E-state index in [2.05, 4.69) is 26.0 Å². The number of hydrogen-bond donors (Lipinski definition) is 0. The molecule has 0 aliphatic carbocycles. The molecule has 2 aromatic rings. The van der Waals surface area contributed by atoms with Crippen molar-refractivity contribution in [2.24, 2.45) is 0 Å². The molecule has 1 fully saturated rings. The Morgan fingerprint density at radius 1 is 1.00 bits per heavy atom. The molecule has 3 rings (SSSR count). The summed E-state index contributed by atoms with van der Waals surface area (Å²) in [7, 11) is 0. The third-order valence-electron chi connectivity index (χ3n) is 4.51. The highest BCUT2D eigenvalue weighted by molar-refractivity contribution is 8.19. The van der Waals surface area contributed by atoms with E-state index in [1.807, 2.05) is 44.2 Å². The Hall–Kier alpha value is -2.33. The van der Waals surface area contributed by atoms with Crippen molar-refractivity contribution >= 4 is 34.7 Å². The lowest BCUT2D eigenvalue weighted by Gasteiger charge is -2.16. The molecular weight excluding hydrogens is 330 g/mol. The Labute approximate surface area is 152 Å². The van der Waals surface area contributed by atoms with Gasteiger partial charge in [0, 0.05) is 0 Å². The molecule has 1 saturated heterocycles. The maximum absolute atomic E-state index is 12.8. The Morgan fingerprint density at radius 3 is 2.32 bits per heavy atom. The zero-order valence-corrected chi connectivity index (χ0v) is 15.7. The maximum atomic E-state index is 12.8. The molecule has 128 valence electrons. The lowest BCUT2D eigenvalue weighted by Crippen LogP contribution is -2.28. The average molecular weight is 351 g/mol. The SMILES string of the molecule is Cc1cccc(N2C(=O)S/C(=C\c3ccc(C(C)C)cc3)C2=O)c1C. The Balaban J connectivity index is 1.92. The summed E-state index contributed by atoms with van der Waals surface area (Å²) in [5.41, 5.74) is 4.86. The van der Waals surface area contributed by atoms with E-state index in [0.29, 0.717) is 16.5 Å². The van der Waals surface area contributed by atoms with Crippen molar-refractivity contribution < 1.29 is 9.59 Å². The summed E-state index contributed by atoms with van der Waals surface area (Å²) in [5.74, 6) is 0.210. The second-order valence-corrected chi connectivity index (χ2v) is 7.55. The normalized spacial score (nSPS) is 16.4. The van der Waals surface area contributed by atoms with Crippen LogP contribution in [0.5, 0.6) is 0 Å². The fourth-order valence-corrected chi connectivity index (χ4v) is 3.62. The molecule has 0 bridgehead atoms. The van der Waals surface area contributed by atoms with Crippen LogP contribution in [0.2, 0.25) is 0 Å². The van der Waals surface area contributed by atoms with Crippen molar-refractivity contribution in [1.82, 2.24) is 0 Å². The molecule has 2 amide bonds. The van der Waals surface area contributed by atoms with Crippen LogP contribution in [0.4, 0.5) is 10.5 Å². The topological polar surface area (TPSA) is 37.4 Å². The van der Waals surface area contributed by atoms with Gasteiger partial charge >= 0.3 is 0 Å². The van der Waals surface area contributed by atoms with Crippen molar-refractivity contribution in [3.63, 3.8) is 0 Å². The van der Waals surface area contributed by atoms with E-state index in [1.54, 1.807) is 6.08 Å². The summed E-state index contributed by atoms with van der Waals surface area (Å²) in [6.45, 7) is 8.20. The van der Waals surface area contributed by atoms with Gasteiger partial charge in [-0.05, 0) is 65.9 Å². The summed E-state index contributed by atoms with van der Waals surface area (Å²) in [4.78, 5) is 26.9. The lowest BCUT2D eigenvalue weighted by molar-refractivity contribution is -0.113. The molecule has 0 unspecified atom stereocenters. The number of amides is 2. The van der Waals surface area contributed by atoms with Crippen molar-refractivity contribution in [2.45, 2.75) is 33.6 Å². The van der Waals surface area contributed by atoms with Gasteiger partial charge < -0.3 is 0 Å². The second kappa shape index (κ2) is 6.89. The molecule has 0 saturated carbocycles. The summed E-state index contributed by atoms with van der Waals surface area (Å²) in [5, 5.41) is -0.247. The minimum atomic E-state index is -0.253. The number of anilines is 1. The molecule has 0 N–H and O–H groups in total. The third-order valence-corrected chi connectivity index (χ3v) is 5.38. The number of aryl methyl sites for hydroxylation is 1. The van der Waals surface area contributed by atoms with Gasteiger partial charge in [-0.15, -0.1) is 0 Å². The number of benzene rings is 2. The molecule has 2 aromatic carbocycles. The van der Waals surface area contributed by atoms with Gasteiger partial charge in [0.2, 0.25) is 0 Å². The van der Waals surface area contributed by atoms with Crippen molar-refractivity contribution in [1.29, 1.82) is 0 Å². The molecule has 25 heavy (non-hydrogen) atoms. The molecular formula is C21H21NO2S. The molecule has 1 aliphatic rings. The number of carbonyl (C=O) groups excluding carboxylic acids is 2. The number of carbonyl (C=O) groups is 2. The predicted molar refractivity (Wildman–Crippen MR) is 105 cm³/mol. The highest BCUT2D eigenvalue weighted by Gasteiger charge is 2.37. The van der Waals surface area contributed by atoms with Crippen LogP contribution in [0.25, 0.3) is 6.08 Å². The zero-order chi connectivity index (χ0) is 18.1. The van der Waals surface area contributed by atoms with Gasteiger partial charge in [0.1, 0.15) is 0 Å². The summed E-state index contributed by atoms with van der Waals surface area (Å²) in [6.07, 6.45) is 1.79. The summed E-state index contributed by atoms with van der Waals surface area (Å²) in [6, 6.07) is 13.8. The number of thioether (sulfide) groups is 1.